The van der Waals surface area contributed by atoms with Crippen LogP contribution in [0.15, 0.2) is 30.9 Å². The van der Waals surface area contributed by atoms with Crippen LogP contribution in [0.5, 0.6) is 5.75 Å². The summed E-state index contributed by atoms with van der Waals surface area (Å²) >= 11 is 0. The van der Waals surface area contributed by atoms with E-state index in [4.69, 9.17) is 10.5 Å². The Bertz CT molecular complexity index is 416. The second-order valence-electron chi connectivity index (χ2n) is 3.65. The van der Waals surface area contributed by atoms with Gasteiger partial charge in [-0.05, 0) is 26.0 Å². The first kappa shape index (κ1) is 13.1. The highest BCUT2D eigenvalue weighted by molar-refractivity contribution is 6.02. The van der Waals surface area contributed by atoms with Crippen LogP contribution < -0.4 is 15.8 Å². The van der Waals surface area contributed by atoms with Crippen molar-refractivity contribution in [3.63, 3.8) is 0 Å². The summed E-state index contributed by atoms with van der Waals surface area (Å²) in [4.78, 5) is 12.0. The van der Waals surface area contributed by atoms with E-state index in [1.807, 2.05) is 13.8 Å². The number of carbonyl (C=O) groups excluding carboxylic acids is 1. The van der Waals surface area contributed by atoms with E-state index in [1.54, 1.807) is 24.3 Å². The number of amides is 1. The van der Waals surface area contributed by atoms with Gasteiger partial charge in [0.25, 0.3) is 5.91 Å². The molecule has 0 saturated heterocycles. The first-order valence-electron chi connectivity index (χ1n) is 5.54. The molecule has 0 aromatic heterocycles. The summed E-state index contributed by atoms with van der Waals surface area (Å²) in [6, 6.07) is 5.05. The molecule has 0 heterocycles. The molecule has 0 aliphatic carbocycles. The van der Waals surface area contributed by atoms with E-state index >= 15 is 0 Å². The molecule has 0 bridgehead atoms. The van der Waals surface area contributed by atoms with Crippen LogP contribution in [0.3, 0.4) is 0 Å². The normalized spacial score (nSPS) is 11.6. The Morgan fingerprint density at radius 1 is 1.65 bits per heavy atom. The number of hydrogen-bond acceptors (Lipinski definition) is 3. The molecule has 0 radical (unpaired) electrons. The van der Waals surface area contributed by atoms with Crippen LogP contribution in [0.25, 0.3) is 0 Å². The number of benzene rings is 1. The zero-order valence-electron chi connectivity index (χ0n) is 10.2. The SMILES string of the molecule is C=CC(C)NC(=O)c1c(N)cccc1OCC. The van der Waals surface area contributed by atoms with Gasteiger partial charge in [-0.2, -0.15) is 0 Å². The minimum Gasteiger partial charge on any atom is -0.493 e. The second kappa shape index (κ2) is 5.94. The molecule has 4 nitrogen and oxygen atoms in total. The van der Waals surface area contributed by atoms with Gasteiger partial charge in [0, 0.05) is 11.7 Å². The molecule has 17 heavy (non-hydrogen) atoms. The average Bonchev–Trinajstić information content (AvgIpc) is 2.29. The van der Waals surface area contributed by atoms with Gasteiger partial charge in [0.1, 0.15) is 11.3 Å². The maximum absolute atomic E-state index is 12.0. The van der Waals surface area contributed by atoms with E-state index in [2.05, 4.69) is 11.9 Å². The molecule has 92 valence electrons. The van der Waals surface area contributed by atoms with Gasteiger partial charge in [0.2, 0.25) is 0 Å². The maximum Gasteiger partial charge on any atom is 0.257 e. The number of nitrogen functional groups attached to an aromatic ring is 1. The summed E-state index contributed by atoms with van der Waals surface area (Å²) in [6.45, 7) is 7.79. The van der Waals surface area contributed by atoms with Gasteiger partial charge in [-0.15, -0.1) is 6.58 Å². The van der Waals surface area contributed by atoms with Gasteiger partial charge < -0.3 is 15.8 Å². The summed E-state index contributed by atoms with van der Waals surface area (Å²) in [5, 5.41) is 2.77. The highest BCUT2D eigenvalue weighted by Crippen LogP contribution is 2.24. The van der Waals surface area contributed by atoms with Crippen molar-refractivity contribution in [2.45, 2.75) is 19.9 Å². The van der Waals surface area contributed by atoms with Gasteiger partial charge in [-0.25, -0.2) is 0 Å². The molecule has 1 rings (SSSR count). The maximum atomic E-state index is 12.0. The van der Waals surface area contributed by atoms with Crippen LogP contribution in [0.4, 0.5) is 5.69 Å². The van der Waals surface area contributed by atoms with Crippen molar-refractivity contribution in [3.8, 4) is 5.75 Å². The predicted octanol–water partition coefficient (Wildman–Crippen LogP) is 1.97. The standard InChI is InChI=1S/C13H18N2O2/c1-4-9(3)15-13(16)12-10(14)7-6-8-11(12)17-5-2/h4,6-9H,1,5,14H2,2-3H3,(H,15,16). The fourth-order valence-electron chi connectivity index (χ4n) is 1.40. The average molecular weight is 234 g/mol. The fraction of sp³-hybridized carbons (Fsp3) is 0.308. The summed E-state index contributed by atoms with van der Waals surface area (Å²) in [7, 11) is 0. The van der Waals surface area contributed by atoms with Gasteiger partial charge in [-0.1, -0.05) is 12.1 Å². The molecular weight excluding hydrogens is 216 g/mol. The molecule has 1 unspecified atom stereocenters. The van der Waals surface area contributed by atoms with Crippen LogP contribution in [-0.4, -0.2) is 18.6 Å². The van der Waals surface area contributed by atoms with E-state index in [0.29, 0.717) is 23.6 Å². The third-order valence-electron chi connectivity index (χ3n) is 2.30. The number of ether oxygens (including phenoxy) is 1. The van der Waals surface area contributed by atoms with Crippen molar-refractivity contribution in [1.29, 1.82) is 0 Å². The van der Waals surface area contributed by atoms with E-state index in [9.17, 15) is 4.79 Å². The zero-order valence-corrected chi connectivity index (χ0v) is 10.2. The Morgan fingerprint density at radius 2 is 2.35 bits per heavy atom. The zero-order chi connectivity index (χ0) is 12.8. The molecule has 1 atom stereocenters. The largest absolute Gasteiger partial charge is 0.493 e. The minimum absolute atomic E-state index is 0.114. The van der Waals surface area contributed by atoms with Gasteiger partial charge in [0.15, 0.2) is 0 Å². The molecule has 1 aromatic carbocycles. The van der Waals surface area contributed by atoms with E-state index in [0.717, 1.165) is 0 Å². The number of carbonyl (C=O) groups is 1. The molecule has 1 amide bonds. The quantitative estimate of drug-likeness (QED) is 0.604. The van der Waals surface area contributed by atoms with Crippen LogP contribution in [0, 0.1) is 0 Å². The van der Waals surface area contributed by atoms with E-state index in [-0.39, 0.29) is 11.9 Å². The van der Waals surface area contributed by atoms with Crippen LogP contribution in [-0.2, 0) is 0 Å². The summed E-state index contributed by atoms with van der Waals surface area (Å²) < 4.78 is 5.39. The lowest BCUT2D eigenvalue weighted by Gasteiger charge is -2.14. The van der Waals surface area contributed by atoms with Gasteiger partial charge >= 0.3 is 0 Å². The molecule has 3 N–H and O–H groups in total. The van der Waals surface area contributed by atoms with Crippen molar-refractivity contribution in [2.75, 3.05) is 12.3 Å². The van der Waals surface area contributed by atoms with E-state index < -0.39 is 0 Å². The molecule has 0 aliphatic rings. The Hall–Kier alpha value is -1.97. The Balaban J connectivity index is 3.02. The third-order valence-corrected chi connectivity index (χ3v) is 2.30. The van der Waals surface area contributed by atoms with Crippen molar-refractivity contribution in [3.05, 3.63) is 36.4 Å². The fourth-order valence-corrected chi connectivity index (χ4v) is 1.40. The minimum atomic E-state index is -0.251. The summed E-state index contributed by atoms with van der Waals surface area (Å²) in [5.74, 6) is 0.250. The van der Waals surface area contributed by atoms with Crippen LogP contribution in [0.1, 0.15) is 24.2 Å². The van der Waals surface area contributed by atoms with Crippen molar-refractivity contribution in [2.24, 2.45) is 0 Å². The highest BCUT2D eigenvalue weighted by atomic mass is 16.5. The lowest BCUT2D eigenvalue weighted by atomic mass is 10.1. The van der Waals surface area contributed by atoms with E-state index in [1.165, 1.54) is 0 Å². The molecule has 0 saturated carbocycles. The Labute approximate surface area is 101 Å². The Morgan fingerprint density at radius 3 is 2.94 bits per heavy atom. The highest BCUT2D eigenvalue weighted by Gasteiger charge is 2.16. The number of anilines is 1. The van der Waals surface area contributed by atoms with Crippen molar-refractivity contribution in [1.82, 2.24) is 5.32 Å². The molecule has 0 fully saturated rings. The van der Waals surface area contributed by atoms with Gasteiger partial charge in [-0.3, -0.25) is 4.79 Å². The molecular formula is C13H18N2O2. The number of nitrogens with two attached hydrogens (primary N) is 1. The smallest absolute Gasteiger partial charge is 0.257 e. The lowest BCUT2D eigenvalue weighted by Crippen LogP contribution is -2.31. The Kier molecular flexibility index (Phi) is 4.57. The second-order valence-corrected chi connectivity index (χ2v) is 3.65. The number of nitrogens with one attached hydrogen (secondary N) is 1. The van der Waals surface area contributed by atoms with Crippen molar-refractivity contribution < 1.29 is 9.53 Å². The topological polar surface area (TPSA) is 64.4 Å². The molecule has 4 heteroatoms. The monoisotopic (exact) mass is 234 g/mol. The van der Waals surface area contributed by atoms with Crippen LogP contribution in [0.2, 0.25) is 0 Å². The predicted molar refractivity (Wildman–Crippen MR) is 69.1 cm³/mol. The lowest BCUT2D eigenvalue weighted by molar-refractivity contribution is 0.0944. The first-order chi connectivity index (χ1) is 8.10. The molecule has 0 aliphatic heterocycles. The first-order valence-corrected chi connectivity index (χ1v) is 5.54. The summed E-state index contributed by atoms with van der Waals surface area (Å²) in [5.41, 5.74) is 6.59. The number of rotatable bonds is 5. The van der Waals surface area contributed by atoms with Crippen LogP contribution >= 0.6 is 0 Å². The third kappa shape index (κ3) is 3.24. The molecule has 1 aromatic rings. The van der Waals surface area contributed by atoms with Crippen molar-refractivity contribution >= 4 is 11.6 Å². The summed E-state index contributed by atoms with van der Waals surface area (Å²) in [6.07, 6.45) is 1.65. The molecule has 0 spiro atoms. The van der Waals surface area contributed by atoms with Gasteiger partial charge in [0.05, 0.1) is 6.61 Å². The number of hydrogen-bond donors (Lipinski definition) is 2.